The molecule has 6 nitrogen and oxygen atoms in total. The fourth-order valence-electron chi connectivity index (χ4n) is 2.55. The van der Waals surface area contributed by atoms with E-state index in [-0.39, 0.29) is 18.2 Å². The Labute approximate surface area is 130 Å². The summed E-state index contributed by atoms with van der Waals surface area (Å²) in [4.78, 5) is 25.1. The highest BCUT2D eigenvalue weighted by Gasteiger charge is 2.26. The van der Waals surface area contributed by atoms with Crippen LogP contribution in [-0.4, -0.2) is 52.9 Å². The average Bonchev–Trinajstić information content (AvgIpc) is 2.91. The standard InChI is InChI=1S/C15H21BN2O4/c19-14(8-10-18-9-4-7-15(18)20)17-13(16(21)22)11-12-5-2-1-3-6-12/h1-3,5-6,13,21-22H,4,7-11H2,(H,17,19). The number of nitrogens with zero attached hydrogens (tertiary/aromatic N) is 1. The lowest BCUT2D eigenvalue weighted by atomic mass is 9.76. The molecule has 2 amide bonds. The number of nitrogens with one attached hydrogen (secondary N) is 1. The van der Waals surface area contributed by atoms with Gasteiger partial charge in [0.15, 0.2) is 0 Å². The van der Waals surface area contributed by atoms with Crippen LogP contribution in [0.5, 0.6) is 0 Å². The summed E-state index contributed by atoms with van der Waals surface area (Å²) < 4.78 is 0. The maximum Gasteiger partial charge on any atom is 0.475 e. The van der Waals surface area contributed by atoms with E-state index in [2.05, 4.69) is 5.32 Å². The van der Waals surface area contributed by atoms with E-state index in [1.807, 2.05) is 30.3 Å². The lowest BCUT2D eigenvalue weighted by molar-refractivity contribution is -0.128. The molecule has 0 aliphatic carbocycles. The molecule has 1 unspecified atom stereocenters. The predicted molar refractivity (Wildman–Crippen MR) is 82.7 cm³/mol. The van der Waals surface area contributed by atoms with Crippen LogP contribution in [0.25, 0.3) is 0 Å². The van der Waals surface area contributed by atoms with E-state index in [1.165, 1.54) is 0 Å². The van der Waals surface area contributed by atoms with Crippen LogP contribution in [0.15, 0.2) is 30.3 Å². The van der Waals surface area contributed by atoms with Gasteiger partial charge in [-0.3, -0.25) is 9.59 Å². The zero-order valence-electron chi connectivity index (χ0n) is 12.4. The Hall–Kier alpha value is -1.86. The van der Waals surface area contributed by atoms with Gasteiger partial charge in [-0.25, -0.2) is 0 Å². The van der Waals surface area contributed by atoms with Crippen molar-refractivity contribution in [2.75, 3.05) is 13.1 Å². The Kier molecular flexibility index (Phi) is 5.97. The molecule has 118 valence electrons. The first kappa shape index (κ1) is 16.5. The zero-order valence-corrected chi connectivity index (χ0v) is 12.4. The minimum atomic E-state index is -1.63. The van der Waals surface area contributed by atoms with Gasteiger partial charge in [0, 0.05) is 25.9 Å². The molecular formula is C15H21BN2O4. The molecule has 0 spiro atoms. The number of hydrogen-bond acceptors (Lipinski definition) is 4. The summed E-state index contributed by atoms with van der Waals surface area (Å²) in [6.07, 6.45) is 1.90. The van der Waals surface area contributed by atoms with E-state index < -0.39 is 13.1 Å². The van der Waals surface area contributed by atoms with Crippen molar-refractivity contribution in [1.82, 2.24) is 10.2 Å². The quantitative estimate of drug-likeness (QED) is 0.605. The van der Waals surface area contributed by atoms with Gasteiger partial charge in [0.25, 0.3) is 0 Å². The molecule has 1 saturated heterocycles. The van der Waals surface area contributed by atoms with Crippen molar-refractivity contribution in [2.45, 2.75) is 31.6 Å². The molecule has 0 aromatic heterocycles. The summed E-state index contributed by atoms with van der Waals surface area (Å²) >= 11 is 0. The fraction of sp³-hybridized carbons (Fsp3) is 0.467. The summed E-state index contributed by atoms with van der Waals surface area (Å²) in [5, 5.41) is 21.5. The number of amides is 2. The molecule has 0 radical (unpaired) electrons. The van der Waals surface area contributed by atoms with Crippen molar-refractivity contribution in [3.8, 4) is 0 Å². The summed E-state index contributed by atoms with van der Waals surface area (Å²) in [7, 11) is -1.63. The number of carbonyl (C=O) groups is 2. The smallest absolute Gasteiger partial charge is 0.426 e. The van der Waals surface area contributed by atoms with Crippen LogP contribution in [0, 0.1) is 0 Å². The van der Waals surface area contributed by atoms with Crippen LogP contribution in [0.1, 0.15) is 24.8 Å². The molecule has 0 saturated carbocycles. The van der Waals surface area contributed by atoms with E-state index in [9.17, 15) is 19.6 Å². The Morgan fingerprint density at radius 1 is 1.32 bits per heavy atom. The minimum Gasteiger partial charge on any atom is -0.426 e. The second-order valence-corrected chi connectivity index (χ2v) is 5.51. The molecule has 22 heavy (non-hydrogen) atoms. The molecular weight excluding hydrogens is 283 g/mol. The molecule has 7 heteroatoms. The first-order chi connectivity index (χ1) is 10.6. The molecule has 1 aromatic carbocycles. The van der Waals surface area contributed by atoms with Crippen LogP contribution in [-0.2, 0) is 16.0 Å². The van der Waals surface area contributed by atoms with Crippen molar-refractivity contribution in [2.24, 2.45) is 0 Å². The monoisotopic (exact) mass is 304 g/mol. The van der Waals surface area contributed by atoms with Gasteiger partial charge in [0.05, 0.1) is 5.94 Å². The lowest BCUT2D eigenvalue weighted by Gasteiger charge is -2.19. The van der Waals surface area contributed by atoms with Crippen molar-refractivity contribution < 1.29 is 19.6 Å². The number of hydrogen-bond donors (Lipinski definition) is 3. The Balaban J connectivity index is 1.82. The SMILES string of the molecule is O=C(CCN1CCCC1=O)NC(Cc1ccccc1)B(O)O. The Morgan fingerprint density at radius 2 is 2.05 bits per heavy atom. The molecule has 3 N–H and O–H groups in total. The highest BCUT2D eigenvalue weighted by Crippen LogP contribution is 2.10. The molecule has 1 heterocycles. The summed E-state index contributed by atoms with van der Waals surface area (Å²) in [5.74, 6) is -0.964. The van der Waals surface area contributed by atoms with E-state index in [0.717, 1.165) is 12.0 Å². The third kappa shape index (κ3) is 4.86. The molecule has 1 aliphatic rings. The Morgan fingerprint density at radius 3 is 2.64 bits per heavy atom. The molecule has 0 bridgehead atoms. The second-order valence-electron chi connectivity index (χ2n) is 5.51. The molecule has 2 rings (SSSR count). The van der Waals surface area contributed by atoms with E-state index >= 15 is 0 Å². The van der Waals surface area contributed by atoms with Crippen molar-refractivity contribution >= 4 is 18.9 Å². The Bertz CT molecular complexity index is 510. The number of rotatable bonds is 7. The topological polar surface area (TPSA) is 89.9 Å². The van der Waals surface area contributed by atoms with E-state index in [4.69, 9.17) is 0 Å². The fourth-order valence-corrected chi connectivity index (χ4v) is 2.55. The van der Waals surface area contributed by atoms with Gasteiger partial charge in [-0.05, 0) is 18.4 Å². The van der Waals surface area contributed by atoms with Crippen LogP contribution in [0.3, 0.4) is 0 Å². The van der Waals surface area contributed by atoms with E-state index in [0.29, 0.717) is 25.9 Å². The van der Waals surface area contributed by atoms with Crippen LogP contribution < -0.4 is 5.32 Å². The van der Waals surface area contributed by atoms with Crippen LogP contribution in [0.4, 0.5) is 0 Å². The first-order valence-electron chi connectivity index (χ1n) is 7.53. The van der Waals surface area contributed by atoms with Crippen molar-refractivity contribution in [3.63, 3.8) is 0 Å². The number of carbonyl (C=O) groups excluding carboxylic acids is 2. The van der Waals surface area contributed by atoms with Gasteiger partial charge < -0.3 is 20.3 Å². The number of benzene rings is 1. The lowest BCUT2D eigenvalue weighted by Crippen LogP contribution is -2.48. The third-order valence-corrected chi connectivity index (χ3v) is 3.78. The van der Waals surface area contributed by atoms with Gasteiger partial charge in [-0.15, -0.1) is 0 Å². The van der Waals surface area contributed by atoms with E-state index in [1.54, 1.807) is 4.90 Å². The van der Waals surface area contributed by atoms with Gasteiger partial charge in [-0.1, -0.05) is 30.3 Å². The summed E-state index contributed by atoms with van der Waals surface area (Å²) in [6, 6.07) is 9.32. The van der Waals surface area contributed by atoms with Gasteiger partial charge >= 0.3 is 7.12 Å². The molecule has 1 fully saturated rings. The second kappa shape index (κ2) is 7.96. The maximum atomic E-state index is 11.9. The van der Waals surface area contributed by atoms with Crippen molar-refractivity contribution in [1.29, 1.82) is 0 Å². The van der Waals surface area contributed by atoms with Crippen molar-refractivity contribution in [3.05, 3.63) is 35.9 Å². The summed E-state index contributed by atoms with van der Waals surface area (Å²) in [6.45, 7) is 1.08. The highest BCUT2D eigenvalue weighted by atomic mass is 16.4. The van der Waals surface area contributed by atoms with Crippen LogP contribution in [0.2, 0.25) is 0 Å². The van der Waals surface area contributed by atoms with Gasteiger partial charge in [0.1, 0.15) is 0 Å². The predicted octanol–water partition coefficient (Wildman–Crippen LogP) is -0.262. The third-order valence-electron chi connectivity index (χ3n) is 3.78. The highest BCUT2D eigenvalue weighted by molar-refractivity contribution is 6.43. The largest absolute Gasteiger partial charge is 0.475 e. The maximum absolute atomic E-state index is 11.9. The minimum absolute atomic E-state index is 0.0795. The molecule has 1 aromatic rings. The van der Waals surface area contributed by atoms with Crippen LogP contribution >= 0.6 is 0 Å². The normalized spacial score (nSPS) is 15.7. The number of likely N-dealkylation sites (tertiary alicyclic amines) is 1. The zero-order chi connectivity index (χ0) is 15.9. The molecule has 1 atom stereocenters. The van der Waals surface area contributed by atoms with Gasteiger partial charge in [-0.2, -0.15) is 0 Å². The molecule has 1 aliphatic heterocycles. The first-order valence-corrected chi connectivity index (χ1v) is 7.53. The summed E-state index contributed by atoms with van der Waals surface area (Å²) in [5.41, 5.74) is 0.913. The average molecular weight is 304 g/mol. The van der Waals surface area contributed by atoms with Gasteiger partial charge in [0.2, 0.25) is 11.8 Å².